The summed E-state index contributed by atoms with van der Waals surface area (Å²) < 4.78 is 0.842. The molecule has 0 radical (unpaired) electrons. The van der Waals surface area contributed by atoms with Crippen LogP contribution in [0.2, 0.25) is 0 Å². The van der Waals surface area contributed by atoms with E-state index in [1.165, 1.54) is 0 Å². The first-order valence-corrected chi connectivity index (χ1v) is 6.99. The Morgan fingerprint density at radius 1 is 1.36 bits per heavy atom. The number of thioether (sulfide) groups is 2. The zero-order valence-corrected chi connectivity index (χ0v) is 10.9. The second-order valence-corrected chi connectivity index (χ2v) is 5.02. The van der Waals surface area contributed by atoms with Crippen molar-refractivity contribution >= 4 is 45.4 Å². The van der Waals surface area contributed by atoms with E-state index in [9.17, 15) is 4.79 Å². The maximum absolute atomic E-state index is 10.8. The third-order valence-electron chi connectivity index (χ3n) is 1.68. The Labute approximate surface area is 99.6 Å². The molecule has 2 nitrogen and oxygen atoms in total. The molecular weight excluding hydrogens is 284 g/mol. The number of hydrogen-bond donors (Lipinski definition) is 1. The van der Waals surface area contributed by atoms with Gasteiger partial charge in [-0.05, 0) is 40.6 Å². The van der Waals surface area contributed by atoms with Crippen LogP contribution in [0.4, 0.5) is 0 Å². The van der Waals surface area contributed by atoms with Crippen molar-refractivity contribution in [3.8, 4) is 0 Å². The molecule has 0 aliphatic carbocycles. The van der Waals surface area contributed by atoms with Gasteiger partial charge in [0.1, 0.15) is 0 Å². The van der Waals surface area contributed by atoms with Crippen LogP contribution < -0.4 is 0 Å². The van der Waals surface area contributed by atoms with Gasteiger partial charge in [0.2, 0.25) is 0 Å². The third-order valence-corrected chi connectivity index (χ3v) is 4.31. The summed E-state index contributed by atoms with van der Waals surface area (Å²) >= 11 is 6.53. The summed E-state index contributed by atoms with van der Waals surface area (Å²) in [7, 11) is 0. The number of halogens is 1. The van der Waals surface area contributed by atoms with Crippen LogP contribution in [0.1, 0.15) is 10.4 Å². The molecule has 0 aliphatic heterocycles. The SMILES string of the molecule is CSc1cc(C(=O)O)cc(Br)c1SC. The Bertz CT molecular complexity index is 366. The first-order chi connectivity index (χ1) is 6.60. The molecule has 0 saturated carbocycles. The van der Waals surface area contributed by atoms with Gasteiger partial charge >= 0.3 is 5.97 Å². The van der Waals surface area contributed by atoms with Gasteiger partial charge in [-0.25, -0.2) is 4.79 Å². The Hall–Kier alpha value is -0.130. The number of carboxylic acids is 1. The van der Waals surface area contributed by atoms with Crippen molar-refractivity contribution in [2.45, 2.75) is 9.79 Å². The lowest BCUT2D eigenvalue weighted by Gasteiger charge is -2.08. The van der Waals surface area contributed by atoms with Crippen molar-refractivity contribution < 1.29 is 9.90 Å². The lowest BCUT2D eigenvalue weighted by molar-refractivity contribution is 0.0696. The molecule has 0 fully saturated rings. The van der Waals surface area contributed by atoms with Gasteiger partial charge in [0.15, 0.2) is 0 Å². The average Bonchev–Trinajstić information content (AvgIpc) is 2.16. The summed E-state index contributed by atoms with van der Waals surface area (Å²) in [5.74, 6) is -0.895. The summed E-state index contributed by atoms with van der Waals surface area (Å²) in [6.45, 7) is 0. The fourth-order valence-electron chi connectivity index (χ4n) is 1.04. The molecule has 0 bridgehead atoms. The van der Waals surface area contributed by atoms with Crippen LogP contribution in [0, 0.1) is 0 Å². The second-order valence-electron chi connectivity index (χ2n) is 2.50. The molecule has 0 amide bonds. The number of rotatable bonds is 3. The quantitative estimate of drug-likeness (QED) is 0.864. The monoisotopic (exact) mass is 292 g/mol. The van der Waals surface area contributed by atoms with Crippen molar-refractivity contribution in [3.05, 3.63) is 22.2 Å². The standard InChI is InChI=1S/C9H9BrO2S2/c1-13-7-4-5(9(11)12)3-6(10)8(7)14-2/h3-4H,1-2H3,(H,11,12). The van der Waals surface area contributed by atoms with E-state index in [0.29, 0.717) is 5.56 Å². The van der Waals surface area contributed by atoms with Gasteiger partial charge in [-0.1, -0.05) is 0 Å². The minimum absolute atomic E-state index is 0.319. The van der Waals surface area contributed by atoms with Crippen LogP contribution >= 0.6 is 39.5 Å². The summed E-state index contributed by atoms with van der Waals surface area (Å²) in [6.07, 6.45) is 3.91. The van der Waals surface area contributed by atoms with Gasteiger partial charge in [0.05, 0.1) is 5.56 Å². The van der Waals surface area contributed by atoms with E-state index < -0.39 is 5.97 Å². The highest BCUT2D eigenvalue weighted by atomic mass is 79.9. The van der Waals surface area contributed by atoms with Gasteiger partial charge in [0.25, 0.3) is 0 Å². The molecule has 1 N–H and O–H groups in total. The largest absolute Gasteiger partial charge is 0.478 e. The van der Waals surface area contributed by atoms with Crippen LogP contribution in [0.15, 0.2) is 26.4 Å². The molecule has 76 valence electrons. The first-order valence-electron chi connectivity index (χ1n) is 3.75. The van der Waals surface area contributed by atoms with Crippen LogP contribution in [0.3, 0.4) is 0 Å². The summed E-state index contributed by atoms with van der Waals surface area (Å²) in [4.78, 5) is 12.9. The van der Waals surface area contributed by atoms with E-state index in [2.05, 4.69) is 15.9 Å². The van der Waals surface area contributed by atoms with E-state index in [0.717, 1.165) is 14.3 Å². The van der Waals surface area contributed by atoms with Crippen molar-refractivity contribution in [1.82, 2.24) is 0 Å². The summed E-state index contributed by atoms with van der Waals surface area (Å²) in [5, 5.41) is 8.86. The molecule has 0 aromatic heterocycles. The number of carboxylic acid groups (broad SMARTS) is 1. The smallest absolute Gasteiger partial charge is 0.335 e. The number of benzene rings is 1. The Kier molecular flexibility index (Phi) is 4.34. The van der Waals surface area contributed by atoms with Gasteiger partial charge < -0.3 is 5.11 Å². The molecule has 0 unspecified atom stereocenters. The van der Waals surface area contributed by atoms with E-state index in [4.69, 9.17) is 5.11 Å². The number of carbonyl (C=O) groups is 1. The van der Waals surface area contributed by atoms with Crippen molar-refractivity contribution in [2.24, 2.45) is 0 Å². The zero-order chi connectivity index (χ0) is 10.7. The molecule has 5 heteroatoms. The van der Waals surface area contributed by atoms with E-state index in [1.807, 2.05) is 12.5 Å². The topological polar surface area (TPSA) is 37.3 Å². The van der Waals surface area contributed by atoms with Gasteiger partial charge in [0, 0.05) is 14.3 Å². The van der Waals surface area contributed by atoms with Gasteiger partial charge in [-0.15, -0.1) is 23.5 Å². The molecule has 1 aromatic rings. The van der Waals surface area contributed by atoms with Crippen LogP contribution in [-0.4, -0.2) is 23.6 Å². The molecule has 0 heterocycles. The molecule has 0 saturated heterocycles. The molecule has 1 aromatic carbocycles. The molecular formula is C9H9BrO2S2. The zero-order valence-electron chi connectivity index (χ0n) is 7.70. The molecule has 14 heavy (non-hydrogen) atoms. The van der Waals surface area contributed by atoms with E-state index >= 15 is 0 Å². The second kappa shape index (κ2) is 5.09. The maximum atomic E-state index is 10.8. The average molecular weight is 293 g/mol. The van der Waals surface area contributed by atoms with Crippen LogP contribution in [0.25, 0.3) is 0 Å². The lowest BCUT2D eigenvalue weighted by atomic mass is 10.2. The highest BCUT2D eigenvalue weighted by molar-refractivity contribution is 9.10. The van der Waals surface area contributed by atoms with Crippen LogP contribution in [0.5, 0.6) is 0 Å². The minimum atomic E-state index is -0.895. The number of hydrogen-bond acceptors (Lipinski definition) is 3. The lowest BCUT2D eigenvalue weighted by Crippen LogP contribution is -1.97. The fourth-order valence-corrected chi connectivity index (χ4v) is 3.67. The summed E-state index contributed by atoms with van der Waals surface area (Å²) in [5.41, 5.74) is 0.319. The fraction of sp³-hybridized carbons (Fsp3) is 0.222. The van der Waals surface area contributed by atoms with E-state index in [-0.39, 0.29) is 0 Å². The predicted molar refractivity (Wildman–Crippen MR) is 64.7 cm³/mol. The molecule has 1 rings (SSSR count). The van der Waals surface area contributed by atoms with E-state index in [1.54, 1.807) is 35.7 Å². The maximum Gasteiger partial charge on any atom is 0.335 e. The highest BCUT2D eigenvalue weighted by Gasteiger charge is 2.11. The number of aromatic carboxylic acids is 1. The highest BCUT2D eigenvalue weighted by Crippen LogP contribution is 2.35. The van der Waals surface area contributed by atoms with Crippen LogP contribution in [-0.2, 0) is 0 Å². The normalized spacial score (nSPS) is 10.2. The third kappa shape index (κ3) is 2.46. The Morgan fingerprint density at radius 2 is 2.00 bits per heavy atom. The molecule has 0 atom stereocenters. The Balaban J connectivity index is 3.31. The van der Waals surface area contributed by atoms with Gasteiger partial charge in [-0.3, -0.25) is 0 Å². The minimum Gasteiger partial charge on any atom is -0.478 e. The Morgan fingerprint density at radius 3 is 2.43 bits per heavy atom. The predicted octanol–water partition coefficient (Wildman–Crippen LogP) is 3.59. The van der Waals surface area contributed by atoms with Gasteiger partial charge in [-0.2, -0.15) is 0 Å². The molecule has 0 spiro atoms. The summed E-state index contributed by atoms with van der Waals surface area (Å²) in [6, 6.07) is 3.33. The molecule has 0 aliphatic rings. The first kappa shape index (κ1) is 11.9. The van der Waals surface area contributed by atoms with Crippen molar-refractivity contribution in [3.63, 3.8) is 0 Å². The van der Waals surface area contributed by atoms with Crippen molar-refractivity contribution in [2.75, 3.05) is 12.5 Å². The van der Waals surface area contributed by atoms with Crippen molar-refractivity contribution in [1.29, 1.82) is 0 Å².